The van der Waals surface area contributed by atoms with Crippen LogP contribution in [-0.2, 0) is 4.79 Å². The zero-order valence-electron chi connectivity index (χ0n) is 20.3. The van der Waals surface area contributed by atoms with Crippen LogP contribution >= 0.6 is 0 Å². The van der Waals surface area contributed by atoms with Gasteiger partial charge in [0.1, 0.15) is 11.6 Å². The summed E-state index contributed by atoms with van der Waals surface area (Å²) >= 11 is 0. The maximum absolute atomic E-state index is 12.2. The molecule has 1 spiro atoms. The largest absolute Gasteiger partial charge is 0.494 e. The van der Waals surface area contributed by atoms with E-state index in [0.717, 1.165) is 24.0 Å². The summed E-state index contributed by atoms with van der Waals surface area (Å²) in [5.41, 5.74) is 9.26. The SMILES string of the molecule is COc1c(Nc2cc(NC(=O)C3CC3)ncc2C(N)=O)cccc1-c1cnn(C2CCCC23CC3)c1. The molecule has 1 atom stereocenters. The van der Waals surface area contributed by atoms with Gasteiger partial charge in [-0.05, 0) is 50.0 Å². The number of para-hydroxylation sites is 1. The van der Waals surface area contributed by atoms with E-state index in [-0.39, 0.29) is 17.4 Å². The van der Waals surface area contributed by atoms with E-state index in [1.165, 1.54) is 38.3 Å². The van der Waals surface area contributed by atoms with Gasteiger partial charge >= 0.3 is 0 Å². The Morgan fingerprint density at radius 3 is 2.69 bits per heavy atom. The summed E-state index contributed by atoms with van der Waals surface area (Å²) in [6.07, 6.45) is 13.5. The summed E-state index contributed by atoms with van der Waals surface area (Å²) in [6, 6.07) is 7.89. The van der Waals surface area contributed by atoms with Gasteiger partial charge in [0.15, 0.2) is 0 Å². The molecule has 186 valence electrons. The van der Waals surface area contributed by atoms with Gasteiger partial charge < -0.3 is 21.1 Å². The molecule has 4 N–H and O–H groups in total. The minimum atomic E-state index is -0.618. The Morgan fingerprint density at radius 1 is 1.14 bits per heavy atom. The van der Waals surface area contributed by atoms with Gasteiger partial charge in [-0.3, -0.25) is 14.3 Å². The maximum Gasteiger partial charge on any atom is 0.252 e. The van der Waals surface area contributed by atoms with Crippen molar-refractivity contribution in [3.8, 4) is 16.9 Å². The normalized spacial score (nSPS) is 19.8. The van der Waals surface area contributed by atoms with Crippen molar-refractivity contribution < 1.29 is 14.3 Å². The van der Waals surface area contributed by atoms with Crippen molar-refractivity contribution in [2.45, 2.75) is 51.0 Å². The number of carbonyl (C=O) groups excluding carboxylic acids is 2. The van der Waals surface area contributed by atoms with Crippen LogP contribution < -0.4 is 21.1 Å². The van der Waals surface area contributed by atoms with Crippen molar-refractivity contribution in [2.24, 2.45) is 17.1 Å². The van der Waals surface area contributed by atoms with Gasteiger partial charge in [0.2, 0.25) is 5.91 Å². The second-order valence-corrected chi connectivity index (χ2v) is 10.2. The van der Waals surface area contributed by atoms with Crippen molar-refractivity contribution in [1.82, 2.24) is 14.8 Å². The lowest BCUT2D eigenvalue weighted by Crippen LogP contribution is -2.17. The number of hydrogen-bond donors (Lipinski definition) is 3. The molecule has 3 aliphatic rings. The standard InChI is InChI=1S/C27H30N6O3/c1-36-24-18(17-13-30-33(15-17)22-6-3-9-27(22)10-11-27)4-2-5-20(24)31-21-12-23(29-14-19(21)25(28)34)32-26(35)16-7-8-16/h2,4-5,12-16,22H,3,6-11H2,1H3,(H2,28,34)(H2,29,31,32,35). The number of anilines is 3. The lowest BCUT2D eigenvalue weighted by molar-refractivity contribution is -0.117. The van der Waals surface area contributed by atoms with Crippen molar-refractivity contribution in [3.63, 3.8) is 0 Å². The Balaban J connectivity index is 1.31. The topological polar surface area (TPSA) is 124 Å². The van der Waals surface area contributed by atoms with Crippen molar-refractivity contribution in [1.29, 1.82) is 0 Å². The van der Waals surface area contributed by atoms with Gasteiger partial charge in [-0.15, -0.1) is 0 Å². The fourth-order valence-corrected chi connectivity index (χ4v) is 5.55. The number of aromatic nitrogens is 3. The van der Waals surface area contributed by atoms with E-state index in [2.05, 4.69) is 26.5 Å². The molecule has 0 aliphatic heterocycles. The number of primary amides is 1. The molecular weight excluding hydrogens is 456 g/mol. The third-order valence-corrected chi connectivity index (χ3v) is 7.84. The molecule has 3 fully saturated rings. The highest BCUT2D eigenvalue weighted by Crippen LogP contribution is 2.63. The molecule has 0 saturated heterocycles. The average molecular weight is 487 g/mol. The number of carbonyl (C=O) groups is 2. The number of amides is 2. The molecule has 6 rings (SSSR count). The molecule has 9 nitrogen and oxygen atoms in total. The van der Waals surface area contributed by atoms with Crippen LogP contribution in [0.3, 0.4) is 0 Å². The van der Waals surface area contributed by atoms with Crippen LogP contribution in [0.2, 0.25) is 0 Å². The predicted octanol–water partition coefficient (Wildman–Crippen LogP) is 4.65. The van der Waals surface area contributed by atoms with Crippen LogP contribution in [0, 0.1) is 11.3 Å². The summed E-state index contributed by atoms with van der Waals surface area (Å²) in [5, 5.41) is 10.8. The minimum Gasteiger partial charge on any atom is -0.494 e. The number of nitrogens with one attached hydrogen (secondary N) is 2. The highest BCUT2D eigenvalue weighted by atomic mass is 16.5. The average Bonchev–Trinajstić information content (AvgIpc) is 3.76. The molecule has 0 bridgehead atoms. The Labute approximate surface area is 209 Å². The lowest BCUT2D eigenvalue weighted by atomic mass is 10.0. The minimum absolute atomic E-state index is 0.0377. The van der Waals surface area contributed by atoms with Crippen LogP contribution in [-0.4, -0.2) is 33.7 Å². The number of pyridine rings is 1. The molecule has 3 saturated carbocycles. The number of nitrogens with zero attached hydrogens (tertiary/aromatic N) is 3. The first-order chi connectivity index (χ1) is 17.5. The summed E-state index contributed by atoms with van der Waals surface area (Å²) in [4.78, 5) is 28.5. The van der Waals surface area contributed by atoms with E-state index in [4.69, 9.17) is 15.6 Å². The van der Waals surface area contributed by atoms with E-state index >= 15 is 0 Å². The highest BCUT2D eigenvalue weighted by Gasteiger charge is 2.53. The third kappa shape index (κ3) is 4.08. The molecule has 3 aromatic rings. The highest BCUT2D eigenvalue weighted by molar-refractivity contribution is 6.01. The zero-order valence-corrected chi connectivity index (χ0v) is 20.3. The third-order valence-electron chi connectivity index (χ3n) is 7.84. The predicted molar refractivity (Wildman–Crippen MR) is 136 cm³/mol. The first-order valence-electron chi connectivity index (χ1n) is 12.6. The number of hydrogen-bond acceptors (Lipinski definition) is 6. The van der Waals surface area contributed by atoms with Gasteiger partial charge in [0.05, 0.1) is 36.3 Å². The molecule has 36 heavy (non-hydrogen) atoms. The van der Waals surface area contributed by atoms with E-state index in [1.54, 1.807) is 13.2 Å². The quantitative estimate of drug-likeness (QED) is 0.426. The Hall–Kier alpha value is -3.88. The van der Waals surface area contributed by atoms with Crippen LogP contribution in [0.25, 0.3) is 11.1 Å². The molecule has 0 radical (unpaired) electrons. The summed E-state index contributed by atoms with van der Waals surface area (Å²) in [5.74, 6) is 0.344. The van der Waals surface area contributed by atoms with E-state index in [9.17, 15) is 9.59 Å². The summed E-state index contributed by atoms with van der Waals surface area (Å²) < 4.78 is 7.96. The first-order valence-corrected chi connectivity index (χ1v) is 12.6. The van der Waals surface area contributed by atoms with E-state index in [1.807, 2.05) is 24.4 Å². The fraction of sp³-hybridized carbons (Fsp3) is 0.407. The van der Waals surface area contributed by atoms with Gasteiger partial charge in [-0.2, -0.15) is 5.10 Å². The summed E-state index contributed by atoms with van der Waals surface area (Å²) in [6.45, 7) is 0. The number of ether oxygens (including phenoxy) is 1. The Morgan fingerprint density at radius 2 is 1.97 bits per heavy atom. The molecular formula is C27H30N6O3. The van der Waals surface area contributed by atoms with Crippen molar-refractivity contribution >= 4 is 29.0 Å². The fourth-order valence-electron chi connectivity index (χ4n) is 5.55. The van der Waals surface area contributed by atoms with E-state index < -0.39 is 5.91 Å². The monoisotopic (exact) mass is 486 g/mol. The zero-order chi connectivity index (χ0) is 24.9. The number of nitrogens with two attached hydrogens (primary N) is 1. The van der Waals surface area contributed by atoms with Gasteiger partial charge in [-0.25, -0.2) is 4.98 Å². The molecule has 1 unspecified atom stereocenters. The number of rotatable bonds is 8. The molecule has 2 aromatic heterocycles. The van der Waals surface area contributed by atoms with Crippen molar-refractivity contribution in [3.05, 3.63) is 48.4 Å². The smallest absolute Gasteiger partial charge is 0.252 e. The second kappa shape index (κ2) is 8.65. The van der Waals surface area contributed by atoms with Crippen LogP contribution in [0.5, 0.6) is 5.75 Å². The Bertz CT molecular complexity index is 1340. The van der Waals surface area contributed by atoms with E-state index in [0.29, 0.717) is 34.4 Å². The van der Waals surface area contributed by atoms with Gasteiger partial charge in [-0.1, -0.05) is 18.6 Å². The van der Waals surface area contributed by atoms with Crippen LogP contribution in [0.1, 0.15) is 61.3 Å². The summed E-state index contributed by atoms with van der Waals surface area (Å²) in [7, 11) is 1.62. The van der Waals surface area contributed by atoms with Gasteiger partial charge in [0.25, 0.3) is 5.91 Å². The molecule has 2 amide bonds. The lowest BCUT2D eigenvalue weighted by Gasteiger charge is -2.19. The number of benzene rings is 1. The first kappa shape index (κ1) is 22.6. The molecule has 2 heterocycles. The number of methoxy groups -OCH3 is 1. The molecule has 9 heteroatoms. The second-order valence-electron chi connectivity index (χ2n) is 10.2. The van der Waals surface area contributed by atoms with Crippen LogP contribution in [0.15, 0.2) is 42.9 Å². The molecule has 3 aliphatic carbocycles. The maximum atomic E-state index is 12.2. The van der Waals surface area contributed by atoms with Crippen molar-refractivity contribution in [2.75, 3.05) is 17.7 Å². The van der Waals surface area contributed by atoms with Crippen LogP contribution in [0.4, 0.5) is 17.2 Å². The Kier molecular flexibility index (Phi) is 5.43. The molecule has 1 aromatic carbocycles. The van der Waals surface area contributed by atoms with Gasteiger partial charge in [0, 0.05) is 35.5 Å².